The Morgan fingerprint density at radius 3 is 2.53 bits per heavy atom. The number of aliphatic hydroxyl groups is 1. The summed E-state index contributed by atoms with van der Waals surface area (Å²) in [5, 5.41) is 12.5. The van der Waals surface area contributed by atoms with Gasteiger partial charge in [-0.2, -0.15) is 0 Å². The molecule has 10 heteroatoms. The smallest absolute Gasteiger partial charge is 0.290 e. The molecule has 3 N–H and O–H groups in total. The van der Waals surface area contributed by atoms with Gasteiger partial charge in [0.1, 0.15) is 5.75 Å². The lowest BCUT2D eigenvalue weighted by molar-refractivity contribution is -0.129. The van der Waals surface area contributed by atoms with Crippen LogP contribution in [-0.2, 0) is 14.3 Å². The first-order valence-electron chi connectivity index (χ1n) is 11.1. The number of nitrogens with two attached hydrogens (primary N) is 1. The van der Waals surface area contributed by atoms with Gasteiger partial charge in [-0.15, -0.1) is 11.3 Å². The van der Waals surface area contributed by atoms with E-state index in [1.54, 1.807) is 46.7 Å². The van der Waals surface area contributed by atoms with E-state index >= 15 is 0 Å². The first-order valence-corrected chi connectivity index (χ1v) is 12.0. The van der Waals surface area contributed by atoms with Gasteiger partial charge in [0.2, 0.25) is 5.78 Å². The Morgan fingerprint density at radius 1 is 1.15 bits per heavy atom. The predicted octanol–water partition coefficient (Wildman–Crippen LogP) is 1.91. The molecule has 3 heterocycles. The average molecular weight is 486 g/mol. The van der Waals surface area contributed by atoms with E-state index in [1.807, 2.05) is 0 Å². The van der Waals surface area contributed by atoms with Crippen molar-refractivity contribution in [3.8, 4) is 5.75 Å². The molecule has 0 bridgehead atoms. The molecular weight excluding hydrogens is 458 g/mol. The second-order valence-corrected chi connectivity index (χ2v) is 9.05. The van der Waals surface area contributed by atoms with E-state index in [2.05, 4.69) is 4.90 Å². The summed E-state index contributed by atoms with van der Waals surface area (Å²) < 4.78 is 10.7. The largest absolute Gasteiger partial charge is 0.503 e. The van der Waals surface area contributed by atoms with Crippen molar-refractivity contribution in [3.63, 3.8) is 0 Å². The molecule has 0 spiro atoms. The number of nitrogens with zero attached hydrogens (tertiary/aromatic N) is 2. The van der Waals surface area contributed by atoms with Gasteiger partial charge < -0.3 is 25.2 Å². The summed E-state index contributed by atoms with van der Waals surface area (Å²) in [6.45, 7) is 3.98. The molecule has 180 valence electrons. The number of ketones is 1. The fraction of sp³-hybridized carbons (Fsp3) is 0.375. The lowest BCUT2D eigenvalue weighted by Gasteiger charge is -2.30. The molecule has 2 aliphatic heterocycles. The molecule has 1 aromatic heterocycles. The Bertz CT molecular complexity index is 1060. The van der Waals surface area contributed by atoms with Gasteiger partial charge in [-0.3, -0.25) is 19.3 Å². The summed E-state index contributed by atoms with van der Waals surface area (Å²) >= 11 is 1.26. The van der Waals surface area contributed by atoms with Crippen molar-refractivity contribution in [2.75, 3.05) is 46.0 Å². The number of carbonyl (C=O) groups is 3. The Hall–Kier alpha value is -3.21. The number of benzene rings is 1. The van der Waals surface area contributed by atoms with Crippen molar-refractivity contribution >= 4 is 28.9 Å². The van der Waals surface area contributed by atoms with Gasteiger partial charge in [-0.25, -0.2) is 0 Å². The topological polar surface area (TPSA) is 122 Å². The number of hydrogen-bond acceptors (Lipinski definition) is 8. The fourth-order valence-electron chi connectivity index (χ4n) is 4.19. The van der Waals surface area contributed by atoms with E-state index in [-0.39, 0.29) is 18.0 Å². The van der Waals surface area contributed by atoms with Gasteiger partial charge in [0.25, 0.3) is 11.8 Å². The first-order chi connectivity index (χ1) is 16.5. The van der Waals surface area contributed by atoms with Crippen LogP contribution in [0.25, 0.3) is 0 Å². The van der Waals surface area contributed by atoms with Crippen LogP contribution in [0.1, 0.15) is 27.7 Å². The number of morpholine rings is 1. The summed E-state index contributed by atoms with van der Waals surface area (Å²) in [4.78, 5) is 41.6. The van der Waals surface area contributed by atoms with Crippen molar-refractivity contribution in [2.24, 2.45) is 5.73 Å². The van der Waals surface area contributed by atoms with Crippen molar-refractivity contribution in [1.82, 2.24) is 9.80 Å². The van der Waals surface area contributed by atoms with E-state index in [0.29, 0.717) is 42.4 Å². The highest BCUT2D eigenvalue weighted by Crippen LogP contribution is 2.40. The van der Waals surface area contributed by atoms with E-state index < -0.39 is 23.6 Å². The molecule has 1 unspecified atom stereocenters. The zero-order valence-corrected chi connectivity index (χ0v) is 19.5. The van der Waals surface area contributed by atoms with Crippen LogP contribution >= 0.6 is 11.3 Å². The lowest BCUT2D eigenvalue weighted by atomic mass is 9.95. The van der Waals surface area contributed by atoms with E-state index in [0.717, 1.165) is 19.6 Å². The van der Waals surface area contributed by atoms with E-state index in [4.69, 9.17) is 15.2 Å². The molecule has 1 atom stereocenters. The van der Waals surface area contributed by atoms with Crippen LogP contribution in [0.5, 0.6) is 5.75 Å². The Kier molecular flexibility index (Phi) is 7.61. The van der Waals surface area contributed by atoms with Crippen LogP contribution < -0.4 is 10.5 Å². The molecule has 0 aliphatic carbocycles. The zero-order valence-electron chi connectivity index (χ0n) is 18.6. The highest BCUT2D eigenvalue weighted by atomic mass is 32.1. The number of Topliss-reactive ketones (excluding diaryl/α,β-unsaturated/α-hetero) is 1. The molecular formula is C24H27N3O6S. The quantitative estimate of drug-likeness (QED) is 0.493. The van der Waals surface area contributed by atoms with Crippen molar-refractivity contribution in [1.29, 1.82) is 0 Å². The fourth-order valence-corrected chi connectivity index (χ4v) is 4.87. The van der Waals surface area contributed by atoms with Gasteiger partial charge in [0, 0.05) is 26.2 Å². The summed E-state index contributed by atoms with van der Waals surface area (Å²) in [6.07, 6.45) is 0.690. The number of thiophene rings is 1. The highest BCUT2D eigenvalue weighted by Gasteiger charge is 2.43. The minimum atomic E-state index is -0.725. The molecule has 1 fully saturated rings. The maximum atomic E-state index is 13.3. The molecule has 2 aromatic rings. The van der Waals surface area contributed by atoms with Crippen LogP contribution in [-0.4, -0.2) is 78.5 Å². The minimum absolute atomic E-state index is 0.0737. The maximum Gasteiger partial charge on any atom is 0.290 e. The Balaban J connectivity index is 1.57. The molecule has 9 nitrogen and oxygen atoms in total. The third-order valence-electron chi connectivity index (χ3n) is 5.85. The summed E-state index contributed by atoms with van der Waals surface area (Å²) in [5.41, 5.74) is 5.86. The Labute approximate surface area is 201 Å². The number of hydrogen-bond donors (Lipinski definition) is 2. The number of ether oxygens (including phenoxy) is 2. The van der Waals surface area contributed by atoms with Crippen LogP contribution in [0.2, 0.25) is 0 Å². The summed E-state index contributed by atoms with van der Waals surface area (Å²) in [7, 11) is 0. The average Bonchev–Trinajstić information content (AvgIpc) is 3.47. The van der Waals surface area contributed by atoms with Crippen LogP contribution in [0.3, 0.4) is 0 Å². The number of primary amides is 1. The van der Waals surface area contributed by atoms with Crippen molar-refractivity contribution in [2.45, 2.75) is 12.5 Å². The highest BCUT2D eigenvalue weighted by molar-refractivity contribution is 7.12. The third kappa shape index (κ3) is 5.30. The zero-order chi connectivity index (χ0) is 24.1. The normalized spacial score (nSPS) is 19.0. The van der Waals surface area contributed by atoms with Crippen LogP contribution in [0.4, 0.5) is 0 Å². The molecule has 34 heavy (non-hydrogen) atoms. The van der Waals surface area contributed by atoms with Gasteiger partial charge in [0.15, 0.2) is 12.4 Å². The SMILES string of the molecule is NC(=O)COc1ccc(C2C(C(=O)c3cccs3)=C(O)C(=O)N2CCCN2CCOCC2)cc1. The predicted molar refractivity (Wildman–Crippen MR) is 126 cm³/mol. The third-order valence-corrected chi connectivity index (χ3v) is 6.72. The van der Waals surface area contributed by atoms with E-state index in [9.17, 15) is 19.5 Å². The van der Waals surface area contributed by atoms with Gasteiger partial charge in [-0.05, 0) is 35.6 Å². The van der Waals surface area contributed by atoms with Crippen molar-refractivity contribution < 1.29 is 29.0 Å². The number of carbonyl (C=O) groups excluding carboxylic acids is 3. The molecule has 1 aromatic carbocycles. The molecule has 0 saturated carbocycles. The lowest BCUT2D eigenvalue weighted by Crippen LogP contribution is -2.39. The standard InChI is InChI=1S/C24H27N3O6S/c25-19(28)15-33-17-6-4-16(5-7-17)21-20(22(29)18-3-1-14-34-18)23(30)24(31)27(21)9-2-8-26-10-12-32-13-11-26/h1,3-7,14,21,30H,2,8-13,15H2,(H2,25,28). The maximum absolute atomic E-state index is 13.3. The van der Waals surface area contributed by atoms with Gasteiger partial charge in [-0.1, -0.05) is 18.2 Å². The number of rotatable bonds is 10. The molecule has 2 amide bonds. The van der Waals surface area contributed by atoms with Gasteiger partial charge in [0.05, 0.1) is 29.7 Å². The Morgan fingerprint density at radius 2 is 1.88 bits per heavy atom. The first kappa shape index (κ1) is 23.9. The summed E-state index contributed by atoms with van der Waals surface area (Å²) in [5.74, 6) is -1.58. The molecule has 1 saturated heterocycles. The summed E-state index contributed by atoms with van der Waals surface area (Å²) in [6, 6.07) is 9.46. The minimum Gasteiger partial charge on any atom is -0.503 e. The van der Waals surface area contributed by atoms with Crippen molar-refractivity contribution in [3.05, 3.63) is 63.6 Å². The molecule has 0 radical (unpaired) electrons. The number of aliphatic hydroxyl groups excluding tert-OH is 1. The molecule has 2 aliphatic rings. The van der Waals surface area contributed by atoms with Crippen LogP contribution in [0.15, 0.2) is 53.1 Å². The second-order valence-electron chi connectivity index (χ2n) is 8.10. The van der Waals surface area contributed by atoms with Crippen LogP contribution in [0, 0.1) is 0 Å². The van der Waals surface area contributed by atoms with E-state index in [1.165, 1.54) is 11.3 Å². The second kappa shape index (κ2) is 10.8. The van der Waals surface area contributed by atoms with Gasteiger partial charge >= 0.3 is 0 Å². The molecule has 4 rings (SSSR count). The number of amides is 2. The monoisotopic (exact) mass is 485 g/mol.